The summed E-state index contributed by atoms with van der Waals surface area (Å²) in [6, 6.07) is 10.7. The summed E-state index contributed by atoms with van der Waals surface area (Å²) >= 11 is 1.22. The van der Waals surface area contributed by atoms with Crippen molar-refractivity contribution < 1.29 is 8.78 Å². The first kappa shape index (κ1) is 11.9. The maximum absolute atomic E-state index is 12.8. The Morgan fingerprint density at radius 1 is 1.05 bits per heavy atom. The monoisotopic (exact) mass is 278 g/mol. The Hall–Kier alpha value is -2.15. The van der Waals surface area contributed by atoms with Gasteiger partial charge in [0.15, 0.2) is 0 Å². The highest BCUT2D eigenvalue weighted by molar-refractivity contribution is 7.17. The molecule has 0 amide bonds. The van der Waals surface area contributed by atoms with Crippen LogP contribution in [0.15, 0.2) is 42.6 Å². The molecule has 96 valence electrons. The zero-order chi connectivity index (χ0) is 13.2. The number of nitrogens with zero attached hydrogens (tertiary/aromatic N) is 4. The van der Waals surface area contributed by atoms with Gasteiger partial charge in [0.1, 0.15) is 10.7 Å². The van der Waals surface area contributed by atoms with Crippen molar-refractivity contribution in [2.45, 2.75) is 6.43 Å². The van der Waals surface area contributed by atoms with E-state index in [1.807, 2.05) is 30.3 Å². The van der Waals surface area contributed by atoms with Gasteiger partial charge in [0.25, 0.3) is 6.43 Å². The number of alkyl halides is 2. The van der Waals surface area contributed by atoms with Gasteiger partial charge in [-0.05, 0) is 6.07 Å². The Labute approximate surface area is 111 Å². The molecule has 3 aromatic rings. The summed E-state index contributed by atoms with van der Waals surface area (Å²) in [5, 5.41) is 12.8. The smallest absolute Gasteiger partial charge is 0.203 e. The van der Waals surface area contributed by atoms with Gasteiger partial charge in [-0.2, -0.15) is 5.10 Å². The summed E-state index contributed by atoms with van der Waals surface area (Å²) in [7, 11) is 0. The van der Waals surface area contributed by atoms with Gasteiger partial charge in [-0.15, -0.1) is 10.2 Å². The number of rotatable bonds is 3. The lowest BCUT2D eigenvalue weighted by Crippen LogP contribution is -2.01. The summed E-state index contributed by atoms with van der Waals surface area (Å²) in [4.78, 5) is 0. The molecule has 0 atom stereocenters. The first-order valence-electron chi connectivity index (χ1n) is 5.47. The fourth-order valence-electron chi connectivity index (χ4n) is 1.64. The minimum atomic E-state index is -2.59. The molecule has 3 rings (SSSR count). The van der Waals surface area contributed by atoms with E-state index in [0.29, 0.717) is 10.1 Å². The first-order chi connectivity index (χ1) is 9.25. The molecule has 0 spiro atoms. The Morgan fingerprint density at radius 2 is 1.84 bits per heavy atom. The highest BCUT2D eigenvalue weighted by atomic mass is 32.1. The van der Waals surface area contributed by atoms with Crippen LogP contribution in [0.3, 0.4) is 0 Å². The van der Waals surface area contributed by atoms with Crippen LogP contribution in [0.4, 0.5) is 8.78 Å². The summed E-state index contributed by atoms with van der Waals surface area (Å²) < 4.78 is 26.7. The molecule has 0 N–H and O–H groups in total. The van der Waals surface area contributed by atoms with Crippen molar-refractivity contribution in [3.63, 3.8) is 0 Å². The van der Waals surface area contributed by atoms with E-state index in [1.165, 1.54) is 23.6 Å². The first-order valence-corrected chi connectivity index (χ1v) is 6.29. The van der Waals surface area contributed by atoms with Crippen LogP contribution in [-0.4, -0.2) is 20.0 Å². The van der Waals surface area contributed by atoms with E-state index in [4.69, 9.17) is 0 Å². The van der Waals surface area contributed by atoms with E-state index >= 15 is 0 Å². The molecule has 0 bridgehead atoms. The summed E-state index contributed by atoms with van der Waals surface area (Å²) in [5.74, 6) is 0. The number of halogens is 2. The van der Waals surface area contributed by atoms with Crippen LogP contribution >= 0.6 is 11.3 Å². The van der Waals surface area contributed by atoms with Gasteiger partial charge in [-0.3, -0.25) is 0 Å². The largest absolute Gasteiger partial charge is 0.280 e. The van der Waals surface area contributed by atoms with E-state index in [9.17, 15) is 8.78 Å². The normalized spacial score (nSPS) is 11.1. The molecule has 0 fully saturated rings. The average Bonchev–Trinajstić information content (AvgIpc) is 3.08. The number of hydrogen-bond donors (Lipinski definition) is 0. The molecular weight excluding hydrogens is 270 g/mol. The SMILES string of the molecule is FC(F)c1ccnn1-c1nnc(-c2ccccc2)s1. The molecule has 4 nitrogen and oxygen atoms in total. The maximum atomic E-state index is 12.8. The lowest BCUT2D eigenvalue weighted by molar-refractivity contribution is 0.143. The molecule has 0 radical (unpaired) electrons. The third-order valence-electron chi connectivity index (χ3n) is 2.51. The van der Waals surface area contributed by atoms with E-state index in [-0.39, 0.29) is 5.69 Å². The Balaban J connectivity index is 2.00. The van der Waals surface area contributed by atoms with Gasteiger partial charge in [0.2, 0.25) is 5.13 Å². The lowest BCUT2D eigenvalue weighted by atomic mass is 10.2. The van der Waals surface area contributed by atoms with Crippen LogP contribution in [0.2, 0.25) is 0 Å². The third kappa shape index (κ3) is 2.24. The van der Waals surface area contributed by atoms with Gasteiger partial charge >= 0.3 is 0 Å². The number of aromatic nitrogens is 4. The molecule has 0 aliphatic rings. The molecule has 0 saturated carbocycles. The molecule has 0 unspecified atom stereocenters. The van der Waals surface area contributed by atoms with Crippen LogP contribution in [-0.2, 0) is 0 Å². The highest BCUT2D eigenvalue weighted by Gasteiger charge is 2.17. The fraction of sp³-hybridized carbons (Fsp3) is 0.0833. The van der Waals surface area contributed by atoms with Crippen LogP contribution < -0.4 is 0 Å². The number of benzene rings is 1. The highest BCUT2D eigenvalue weighted by Crippen LogP contribution is 2.27. The third-order valence-corrected chi connectivity index (χ3v) is 3.46. The van der Waals surface area contributed by atoms with Gasteiger partial charge in [0, 0.05) is 11.8 Å². The van der Waals surface area contributed by atoms with E-state index in [1.54, 1.807) is 0 Å². The van der Waals surface area contributed by atoms with Crippen molar-refractivity contribution in [2.75, 3.05) is 0 Å². The van der Waals surface area contributed by atoms with Gasteiger partial charge in [0.05, 0.1) is 0 Å². The standard InChI is InChI=1S/C12H8F2N4S/c13-10(14)9-6-7-15-18(9)12-17-16-11(19-12)8-4-2-1-3-5-8/h1-7,10H. The van der Waals surface area contributed by atoms with E-state index < -0.39 is 6.43 Å². The lowest BCUT2D eigenvalue weighted by Gasteiger charge is -2.00. The molecule has 0 aliphatic carbocycles. The topological polar surface area (TPSA) is 43.6 Å². The molecule has 2 heterocycles. The van der Waals surface area contributed by atoms with Crippen molar-refractivity contribution in [3.05, 3.63) is 48.3 Å². The van der Waals surface area contributed by atoms with Crippen LogP contribution in [0.1, 0.15) is 12.1 Å². The van der Waals surface area contributed by atoms with Crippen LogP contribution in [0.5, 0.6) is 0 Å². The second-order valence-electron chi connectivity index (χ2n) is 3.72. The molecule has 19 heavy (non-hydrogen) atoms. The molecule has 7 heteroatoms. The molecule has 0 saturated heterocycles. The maximum Gasteiger partial charge on any atom is 0.280 e. The minimum absolute atomic E-state index is 0.184. The second-order valence-corrected chi connectivity index (χ2v) is 4.68. The molecule has 1 aromatic carbocycles. The summed E-state index contributed by atoms with van der Waals surface area (Å²) in [6.07, 6.45) is -1.27. The average molecular weight is 278 g/mol. The minimum Gasteiger partial charge on any atom is -0.203 e. The van der Waals surface area contributed by atoms with Crippen molar-refractivity contribution in [3.8, 4) is 15.7 Å². The van der Waals surface area contributed by atoms with Gasteiger partial charge in [-0.25, -0.2) is 13.5 Å². The quantitative estimate of drug-likeness (QED) is 0.738. The zero-order valence-corrected chi connectivity index (χ0v) is 10.4. The van der Waals surface area contributed by atoms with E-state index in [2.05, 4.69) is 15.3 Å². The van der Waals surface area contributed by atoms with Crippen LogP contribution in [0, 0.1) is 0 Å². The van der Waals surface area contributed by atoms with Gasteiger partial charge in [-0.1, -0.05) is 41.7 Å². The Morgan fingerprint density at radius 3 is 2.58 bits per heavy atom. The Bertz CT molecular complexity index is 678. The zero-order valence-electron chi connectivity index (χ0n) is 9.57. The predicted octanol–water partition coefficient (Wildman–Crippen LogP) is 3.33. The van der Waals surface area contributed by atoms with Gasteiger partial charge < -0.3 is 0 Å². The predicted molar refractivity (Wildman–Crippen MR) is 67.4 cm³/mol. The molecule has 2 aromatic heterocycles. The van der Waals surface area contributed by atoms with E-state index in [0.717, 1.165) is 10.2 Å². The molecule has 0 aliphatic heterocycles. The van der Waals surface area contributed by atoms with Crippen molar-refractivity contribution in [2.24, 2.45) is 0 Å². The molecular formula is C12H8F2N4S. The van der Waals surface area contributed by atoms with Crippen LogP contribution in [0.25, 0.3) is 15.7 Å². The van der Waals surface area contributed by atoms with Crippen molar-refractivity contribution in [1.82, 2.24) is 20.0 Å². The Kier molecular flexibility index (Phi) is 3.04. The van der Waals surface area contributed by atoms with Crippen molar-refractivity contribution in [1.29, 1.82) is 0 Å². The summed E-state index contributed by atoms with van der Waals surface area (Å²) in [6.45, 7) is 0. The van der Waals surface area contributed by atoms with Crippen molar-refractivity contribution >= 4 is 11.3 Å². The summed E-state index contributed by atoms with van der Waals surface area (Å²) in [5.41, 5.74) is 0.716. The number of hydrogen-bond acceptors (Lipinski definition) is 4. The fourth-order valence-corrected chi connectivity index (χ4v) is 2.47. The second kappa shape index (κ2) is 4.85.